The van der Waals surface area contributed by atoms with Gasteiger partial charge in [-0.1, -0.05) is 200 Å². The number of hydrogen-bond acceptors (Lipinski definition) is 1. The number of rotatable bonds is 30. The molecule has 0 aromatic heterocycles. The molecule has 1 rings (SSSR count). The van der Waals surface area contributed by atoms with Crippen LogP contribution in [-0.4, -0.2) is 15.6 Å². The normalized spacial score (nSPS) is 16.0. The van der Waals surface area contributed by atoms with Crippen LogP contribution in [0, 0.1) is 0 Å². The van der Waals surface area contributed by atoms with E-state index in [-0.39, 0.29) is 0 Å². The minimum Gasteiger partial charge on any atom is -0.420 e. The van der Waals surface area contributed by atoms with Crippen molar-refractivity contribution in [1.29, 1.82) is 0 Å². The van der Waals surface area contributed by atoms with Crippen molar-refractivity contribution in [3.63, 3.8) is 0 Å². The highest BCUT2D eigenvalue weighted by Gasteiger charge is 2.15. The summed E-state index contributed by atoms with van der Waals surface area (Å²) < 4.78 is 5.98. The van der Waals surface area contributed by atoms with Gasteiger partial charge in [-0.05, 0) is 18.5 Å². The van der Waals surface area contributed by atoms with Crippen molar-refractivity contribution >= 4 is 9.04 Å². The van der Waals surface area contributed by atoms with Crippen molar-refractivity contribution in [2.45, 2.75) is 218 Å². The SMILES string of the molecule is CCCCCCCCCCCCCCCCCCCCCCCCCCCCCCC[SiH]1CCCCO1. The molecule has 0 saturated carbocycles. The predicted molar refractivity (Wildman–Crippen MR) is 172 cm³/mol. The lowest BCUT2D eigenvalue weighted by Crippen LogP contribution is -2.22. The van der Waals surface area contributed by atoms with Gasteiger partial charge in [0.15, 0.2) is 9.04 Å². The minimum atomic E-state index is -0.733. The number of hydrogen-bond donors (Lipinski definition) is 0. The summed E-state index contributed by atoms with van der Waals surface area (Å²) in [6.07, 6.45) is 45.7. The van der Waals surface area contributed by atoms with Gasteiger partial charge in [0.1, 0.15) is 0 Å². The fourth-order valence-electron chi connectivity index (χ4n) is 6.25. The maximum atomic E-state index is 5.98. The monoisotopic (exact) mass is 537 g/mol. The smallest absolute Gasteiger partial charge is 0.176 e. The molecule has 0 amide bonds. The lowest BCUT2D eigenvalue weighted by Gasteiger charge is -2.20. The summed E-state index contributed by atoms with van der Waals surface area (Å²) in [7, 11) is -0.733. The van der Waals surface area contributed by atoms with E-state index in [1.54, 1.807) is 0 Å². The van der Waals surface area contributed by atoms with Crippen LogP contribution in [0.5, 0.6) is 0 Å². The second-order valence-corrected chi connectivity index (χ2v) is 15.4. The molecule has 37 heavy (non-hydrogen) atoms. The van der Waals surface area contributed by atoms with Gasteiger partial charge in [0.25, 0.3) is 0 Å². The standard InChI is InChI=1S/C35H72OSi/c1-2-3-4-5-6-7-8-9-10-11-12-13-14-15-16-17-18-19-20-21-22-23-24-25-26-27-28-29-31-34-37-35-32-30-33-36-37/h37H,2-35H2,1H3. The van der Waals surface area contributed by atoms with E-state index in [4.69, 9.17) is 4.43 Å². The second-order valence-electron chi connectivity index (χ2n) is 12.7. The molecule has 2 heteroatoms. The van der Waals surface area contributed by atoms with Crippen molar-refractivity contribution in [3.05, 3.63) is 0 Å². The van der Waals surface area contributed by atoms with Crippen molar-refractivity contribution in [2.75, 3.05) is 6.61 Å². The second kappa shape index (κ2) is 30.7. The summed E-state index contributed by atoms with van der Waals surface area (Å²) in [6.45, 7) is 3.39. The van der Waals surface area contributed by atoms with Gasteiger partial charge in [-0.2, -0.15) is 0 Å². The van der Waals surface area contributed by atoms with E-state index in [0.717, 1.165) is 6.61 Å². The molecule has 0 aliphatic carbocycles. The van der Waals surface area contributed by atoms with Crippen LogP contribution < -0.4 is 0 Å². The molecule has 1 atom stereocenters. The average Bonchev–Trinajstić information content (AvgIpc) is 2.93. The quantitative estimate of drug-likeness (QED) is 0.0655. The first-order valence-electron chi connectivity index (χ1n) is 18.0. The molecule has 1 saturated heterocycles. The fraction of sp³-hybridized carbons (Fsp3) is 1.00. The van der Waals surface area contributed by atoms with Gasteiger partial charge in [0, 0.05) is 6.61 Å². The van der Waals surface area contributed by atoms with Crippen LogP contribution in [0.1, 0.15) is 206 Å². The predicted octanol–water partition coefficient (Wildman–Crippen LogP) is 12.9. The van der Waals surface area contributed by atoms with Crippen LogP contribution in [0.25, 0.3) is 0 Å². The zero-order valence-electron chi connectivity index (χ0n) is 26.0. The molecule has 1 aliphatic rings. The minimum absolute atomic E-state index is 0.733. The van der Waals surface area contributed by atoms with Crippen LogP contribution >= 0.6 is 0 Å². The molecule has 222 valence electrons. The summed E-state index contributed by atoms with van der Waals surface area (Å²) in [4.78, 5) is 0. The first-order valence-corrected chi connectivity index (χ1v) is 20.2. The van der Waals surface area contributed by atoms with E-state index in [1.807, 2.05) is 0 Å². The number of unbranched alkanes of at least 4 members (excludes halogenated alkanes) is 28. The summed E-state index contributed by atoms with van der Waals surface area (Å²) >= 11 is 0. The maximum absolute atomic E-state index is 5.98. The Morgan fingerprint density at radius 2 is 0.676 bits per heavy atom. The van der Waals surface area contributed by atoms with Crippen LogP contribution in [-0.2, 0) is 4.43 Å². The highest BCUT2D eigenvalue weighted by atomic mass is 28.3. The summed E-state index contributed by atoms with van der Waals surface area (Å²) in [5.74, 6) is 0. The zero-order valence-corrected chi connectivity index (χ0v) is 27.2. The van der Waals surface area contributed by atoms with E-state index < -0.39 is 9.04 Å². The average molecular weight is 537 g/mol. The van der Waals surface area contributed by atoms with E-state index in [0.29, 0.717) is 0 Å². The molecule has 0 aromatic carbocycles. The Bertz CT molecular complexity index is 406. The highest BCUT2D eigenvalue weighted by molar-refractivity contribution is 6.51. The van der Waals surface area contributed by atoms with E-state index >= 15 is 0 Å². The molecular weight excluding hydrogens is 464 g/mol. The molecule has 0 radical (unpaired) electrons. The third kappa shape index (κ3) is 27.5. The Hall–Kier alpha value is 0.177. The van der Waals surface area contributed by atoms with E-state index in [1.165, 1.54) is 211 Å². The van der Waals surface area contributed by atoms with E-state index in [9.17, 15) is 0 Å². The Morgan fingerprint density at radius 3 is 0.946 bits per heavy atom. The third-order valence-electron chi connectivity index (χ3n) is 8.90. The van der Waals surface area contributed by atoms with Crippen LogP contribution in [0.3, 0.4) is 0 Å². The van der Waals surface area contributed by atoms with Crippen LogP contribution in [0.15, 0.2) is 0 Å². The molecule has 1 aliphatic heterocycles. The lowest BCUT2D eigenvalue weighted by atomic mass is 10.0. The fourth-order valence-corrected chi connectivity index (χ4v) is 8.86. The Kier molecular flexibility index (Phi) is 29.2. The van der Waals surface area contributed by atoms with Gasteiger partial charge in [-0.25, -0.2) is 0 Å². The molecule has 0 spiro atoms. The maximum Gasteiger partial charge on any atom is 0.176 e. The molecule has 0 bridgehead atoms. The van der Waals surface area contributed by atoms with E-state index in [2.05, 4.69) is 6.92 Å². The molecule has 1 unspecified atom stereocenters. The van der Waals surface area contributed by atoms with Crippen LogP contribution in [0.2, 0.25) is 12.1 Å². The van der Waals surface area contributed by atoms with Gasteiger partial charge in [0.2, 0.25) is 0 Å². The molecule has 0 aromatic rings. The molecule has 1 heterocycles. The van der Waals surface area contributed by atoms with Crippen molar-refractivity contribution in [2.24, 2.45) is 0 Å². The molecular formula is C35H72OSi. The summed E-state index contributed by atoms with van der Waals surface area (Å²) in [6, 6.07) is 2.92. The highest BCUT2D eigenvalue weighted by Crippen LogP contribution is 2.19. The molecule has 1 fully saturated rings. The van der Waals surface area contributed by atoms with Crippen molar-refractivity contribution in [3.8, 4) is 0 Å². The van der Waals surface area contributed by atoms with Gasteiger partial charge >= 0.3 is 0 Å². The van der Waals surface area contributed by atoms with Crippen molar-refractivity contribution < 1.29 is 4.43 Å². The lowest BCUT2D eigenvalue weighted by molar-refractivity contribution is 0.285. The van der Waals surface area contributed by atoms with Gasteiger partial charge in [0.05, 0.1) is 0 Å². The molecule has 1 nitrogen and oxygen atoms in total. The molecule has 0 N–H and O–H groups in total. The topological polar surface area (TPSA) is 9.23 Å². The zero-order chi connectivity index (χ0) is 26.3. The third-order valence-corrected chi connectivity index (χ3v) is 11.7. The van der Waals surface area contributed by atoms with Gasteiger partial charge in [-0.3, -0.25) is 0 Å². The Morgan fingerprint density at radius 1 is 0.378 bits per heavy atom. The summed E-state index contributed by atoms with van der Waals surface area (Å²) in [5.41, 5.74) is 0. The largest absolute Gasteiger partial charge is 0.420 e. The first-order chi connectivity index (χ1) is 18.4. The Labute approximate surface area is 237 Å². The Balaban J connectivity index is 1.61. The summed E-state index contributed by atoms with van der Waals surface area (Å²) in [5, 5.41) is 0. The first kappa shape index (κ1) is 35.2. The van der Waals surface area contributed by atoms with Gasteiger partial charge < -0.3 is 4.43 Å². The van der Waals surface area contributed by atoms with Gasteiger partial charge in [-0.15, -0.1) is 0 Å². The van der Waals surface area contributed by atoms with Crippen molar-refractivity contribution in [1.82, 2.24) is 0 Å². The van der Waals surface area contributed by atoms with Crippen LogP contribution in [0.4, 0.5) is 0 Å².